The van der Waals surface area contributed by atoms with Crippen molar-refractivity contribution in [2.24, 2.45) is 0 Å². The van der Waals surface area contributed by atoms with E-state index in [0.29, 0.717) is 45.6 Å². The topological polar surface area (TPSA) is 99.2 Å². The Kier molecular flexibility index (Phi) is 9.09. The highest BCUT2D eigenvalue weighted by Crippen LogP contribution is 2.34. The lowest BCUT2D eigenvalue weighted by Gasteiger charge is -2.31. The number of rotatable bonds is 11. The second-order valence-corrected chi connectivity index (χ2v) is 11.5. The number of carbonyl (C=O) groups excluding carboxylic acids is 1. The molecule has 1 aliphatic heterocycles. The molecule has 0 spiro atoms. The predicted octanol–water partition coefficient (Wildman–Crippen LogP) is 2.28. The molecule has 2 aromatic carbocycles. The summed E-state index contributed by atoms with van der Waals surface area (Å²) in [7, 11) is -4.16. The molecule has 0 unspecified atom stereocenters. The summed E-state index contributed by atoms with van der Waals surface area (Å²) in [4.78, 5) is 14.1. The summed E-state index contributed by atoms with van der Waals surface area (Å²) < 4.78 is 72.2. The van der Waals surface area contributed by atoms with Gasteiger partial charge < -0.3 is 20.1 Å². The molecule has 0 radical (unpaired) electrons. The van der Waals surface area contributed by atoms with Gasteiger partial charge in [-0.25, -0.2) is 8.42 Å². The Morgan fingerprint density at radius 1 is 1.08 bits per heavy atom. The minimum absolute atomic E-state index is 0.0381. The maximum Gasteiger partial charge on any atom is 0.416 e. The zero-order chi connectivity index (χ0) is 27.3. The van der Waals surface area contributed by atoms with Gasteiger partial charge in [-0.2, -0.15) is 17.5 Å². The number of morpholine rings is 1. The highest BCUT2D eigenvalue weighted by atomic mass is 32.2. The van der Waals surface area contributed by atoms with Crippen molar-refractivity contribution in [3.8, 4) is 0 Å². The number of sulfonamides is 1. The molecule has 1 saturated carbocycles. The number of aliphatic hydroxyl groups excluding tert-OH is 1. The lowest BCUT2D eigenvalue weighted by atomic mass is 10.0. The zero-order valence-corrected chi connectivity index (χ0v) is 21.6. The SMILES string of the molecule is O=C(CN[C@@H](Cc1ccccc1)[C@H](O)CN(C1CC1)S(=O)(=O)c1ccc(C(F)(F)F)cc1)N1CCOCC1. The summed E-state index contributed by atoms with van der Waals surface area (Å²) >= 11 is 0. The van der Waals surface area contributed by atoms with E-state index in [-0.39, 0.29) is 29.9 Å². The van der Waals surface area contributed by atoms with E-state index >= 15 is 0 Å². The van der Waals surface area contributed by atoms with Gasteiger partial charge in [0.05, 0.1) is 36.3 Å². The first-order chi connectivity index (χ1) is 18.1. The molecule has 8 nitrogen and oxygen atoms in total. The van der Waals surface area contributed by atoms with Gasteiger partial charge in [-0.1, -0.05) is 30.3 Å². The summed E-state index contributed by atoms with van der Waals surface area (Å²) in [5.74, 6) is -0.144. The van der Waals surface area contributed by atoms with E-state index in [1.54, 1.807) is 4.90 Å². The summed E-state index contributed by atoms with van der Waals surface area (Å²) in [6.07, 6.45) is -4.23. The fraction of sp³-hybridized carbons (Fsp3) is 0.500. The summed E-state index contributed by atoms with van der Waals surface area (Å²) in [5, 5.41) is 14.4. The molecule has 2 N–H and O–H groups in total. The number of hydrogen-bond donors (Lipinski definition) is 2. The van der Waals surface area contributed by atoms with Crippen LogP contribution in [0.4, 0.5) is 13.2 Å². The molecule has 2 atom stereocenters. The molecule has 2 aliphatic rings. The number of carbonyl (C=O) groups is 1. The minimum Gasteiger partial charge on any atom is -0.390 e. The van der Waals surface area contributed by atoms with Gasteiger partial charge in [0.25, 0.3) is 0 Å². The van der Waals surface area contributed by atoms with Gasteiger partial charge in [0.2, 0.25) is 15.9 Å². The number of hydrogen-bond acceptors (Lipinski definition) is 6. The van der Waals surface area contributed by atoms with Crippen LogP contribution in [-0.4, -0.2) is 86.2 Å². The number of amides is 1. The normalized spacial score (nSPS) is 18.4. The van der Waals surface area contributed by atoms with Gasteiger partial charge in [0.15, 0.2) is 0 Å². The molecule has 208 valence electrons. The molecule has 4 rings (SSSR count). The Labute approximate surface area is 220 Å². The monoisotopic (exact) mass is 555 g/mol. The molecule has 12 heteroatoms. The lowest BCUT2D eigenvalue weighted by molar-refractivity contribution is -0.137. The second-order valence-electron chi connectivity index (χ2n) is 9.57. The van der Waals surface area contributed by atoms with Gasteiger partial charge in [0, 0.05) is 31.7 Å². The third kappa shape index (κ3) is 7.32. The van der Waals surface area contributed by atoms with Crippen LogP contribution in [0.15, 0.2) is 59.5 Å². The van der Waals surface area contributed by atoms with Gasteiger partial charge in [0.1, 0.15) is 0 Å². The number of alkyl halides is 3. The molecule has 0 aromatic heterocycles. The third-order valence-electron chi connectivity index (χ3n) is 6.75. The van der Waals surface area contributed by atoms with E-state index < -0.39 is 33.9 Å². The van der Waals surface area contributed by atoms with Crippen LogP contribution in [0.5, 0.6) is 0 Å². The Morgan fingerprint density at radius 3 is 2.29 bits per heavy atom. The first kappa shape index (κ1) is 28.5. The van der Waals surface area contributed by atoms with Gasteiger partial charge in [-0.15, -0.1) is 0 Å². The second kappa shape index (κ2) is 12.1. The van der Waals surface area contributed by atoms with E-state index in [1.807, 2.05) is 30.3 Å². The van der Waals surface area contributed by atoms with Gasteiger partial charge in [-0.05, 0) is 49.1 Å². The van der Waals surface area contributed by atoms with Crippen molar-refractivity contribution in [2.45, 2.75) is 48.5 Å². The number of benzene rings is 2. The van der Waals surface area contributed by atoms with Crippen LogP contribution in [0.3, 0.4) is 0 Å². The van der Waals surface area contributed by atoms with Crippen LogP contribution in [0.2, 0.25) is 0 Å². The minimum atomic E-state index is -4.58. The van der Waals surface area contributed by atoms with E-state index in [0.717, 1.165) is 29.8 Å². The van der Waals surface area contributed by atoms with Crippen molar-refractivity contribution in [3.05, 3.63) is 65.7 Å². The van der Waals surface area contributed by atoms with Crippen LogP contribution in [-0.2, 0) is 32.2 Å². The summed E-state index contributed by atoms with van der Waals surface area (Å²) in [6, 6.07) is 11.7. The average Bonchev–Trinajstić information content (AvgIpc) is 3.75. The van der Waals surface area contributed by atoms with Crippen LogP contribution >= 0.6 is 0 Å². The van der Waals surface area contributed by atoms with Crippen molar-refractivity contribution < 1.29 is 36.2 Å². The van der Waals surface area contributed by atoms with Crippen LogP contribution in [0.1, 0.15) is 24.0 Å². The first-order valence-corrected chi connectivity index (χ1v) is 14.0. The molecule has 2 fully saturated rings. The molecule has 0 bridgehead atoms. The van der Waals surface area contributed by atoms with E-state index in [9.17, 15) is 31.5 Å². The highest BCUT2D eigenvalue weighted by Gasteiger charge is 2.41. The molecule has 2 aromatic rings. The fourth-order valence-electron chi connectivity index (χ4n) is 4.42. The fourth-order valence-corrected chi connectivity index (χ4v) is 6.13. The Hall–Kier alpha value is -2.51. The smallest absolute Gasteiger partial charge is 0.390 e. The quantitative estimate of drug-likeness (QED) is 0.442. The maximum atomic E-state index is 13.4. The molecular weight excluding hydrogens is 523 g/mol. The van der Waals surface area contributed by atoms with Crippen molar-refractivity contribution in [1.29, 1.82) is 0 Å². The summed E-state index contributed by atoms with van der Waals surface area (Å²) in [6.45, 7) is 1.58. The zero-order valence-electron chi connectivity index (χ0n) is 20.8. The predicted molar refractivity (Wildman–Crippen MR) is 134 cm³/mol. The number of nitrogens with one attached hydrogen (secondary N) is 1. The number of nitrogens with zero attached hydrogens (tertiary/aromatic N) is 2. The van der Waals surface area contributed by atoms with Crippen LogP contribution in [0, 0.1) is 0 Å². The molecule has 1 aliphatic carbocycles. The van der Waals surface area contributed by atoms with Gasteiger partial charge >= 0.3 is 6.18 Å². The average molecular weight is 556 g/mol. The maximum absolute atomic E-state index is 13.4. The van der Waals surface area contributed by atoms with Crippen molar-refractivity contribution in [1.82, 2.24) is 14.5 Å². The number of aliphatic hydroxyl groups is 1. The molecule has 38 heavy (non-hydrogen) atoms. The molecular formula is C26H32F3N3O5S. The Balaban J connectivity index is 1.50. The number of ether oxygens (including phenoxy) is 1. The highest BCUT2D eigenvalue weighted by molar-refractivity contribution is 7.89. The third-order valence-corrected chi connectivity index (χ3v) is 8.68. The van der Waals surface area contributed by atoms with Crippen LogP contribution in [0.25, 0.3) is 0 Å². The van der Waals surface area contributed by atoms with Gasteiger partial charge in [-0.3, -0.25) is 4.79 Å². The van der Waals surface area contributed by atoms with E-state index in [2.05, 4.69) is 5.32 Å². The Bertz CT molecular complexity index is 1170. The Morgan fingerprint density at radius 2 is 1.71 bits per heavy atom. The van der Waals surface area contributed by atoms with E-state index in [1.165, 1.54) is 4.31 Å². The standard InChI is InChI=1S/C26H32F3N3O5S/c27-26(28,29)20-6-10-22(11-7-20)38(35,36)32(21-8-9-21)18-24(33)23(16-19-4-2-1-3-5-19)30-17-25(34)31-12-14-37-15-13-31/h1-7,10-11,21,23-24,30,33H,8-9,12-18H2/t23-,24+/m0/s1. The molecule has 1 saturated heterocycles. The van der Waals surface area contributed by atoms with Crippen molar-refractivity contribution in [2.75, 3.05) is 39.4 Å². The number of halogens is 3. The molecule has 1 amide bonds. The first-order valence-electron chi connectivity index (χ1n) is 12.6. The van der Waals surface area contributed by atoms with Crippen molar-refractivity contribution >= 4 is 15.9 Å². The summed E-state index contributed by atoms with van der Waals surface area (Å²) in [5.41, 5.74) is -0.0436. The van der Waals surface area contributed by atoms with Crippen LogP contribution < -0.4 is 5.32 Å². The lowest BCUT2D eigenvalue weighted by Crippen LogP contribution is -2.52. The largest absolute Gasteiger partial charge is 0.416 e. The van der Waals surface area contributed by atoms with E-state index in [4.69, 9.17) is 4.74 Å². The van der Waals surface area contributed by atoms with Crippen molar-refractivity contribution in [3.63, 3.8) is 0 Å². The molecule has 1 heterocycles.